The lowest BCUT2D eigenvalue weighted by Gasteiger charge is -2.28. The Morgan fingerprint density at radius 3 is 3.00 bits per heavy atom. The second kappa shape index (κ2) is 6.19. The van der Waals surface area contributed by atoms with Crippen LogP contribution in [0.5, 0.6) is 5.75 Å². The lowest BCUT2D eigenvalue weighted by molar-refractivity contribution is 0.0926. The van der Waals surface area contributed by atoms with Crippen LogP contribution in [0, 0.1) is 0 Å². The number of amides is 1. The van der Waals surface area contributed by atoms with Crippen LogP contribution in [0.2, 0.25) is 0 Å². The number of nitrogens with two attached hydrogens (primary N) is 1. The third kappa shape index (κ3) is 3.35. The maximum absolute atomic E-state index is 12.1. The van der Waals surface area contributed by atoms with E-state index in [2.05, 4.69) is 11.6 Å². The summed E-state index contributed by atoms with van der Waals surface area (Å²) in [5, 5.41) is 13.4. The SMILES string of the molecule is CSC1CCCC(NC(=O)c2cccc(N)c2O)C1. The Morgan fingerprint density at radius 2 is 2.26 bits per heavy atom. The van der Waals surface area contributed by atoms with E-state index < -0.39 is 0 Å². The minimum absolute atomic E-state index is 0.128. The first kappa shape index (κ1) is 14.1. The molecule has 1 aliphatic rings. The van der Waals surface area contributed by atoms with Crippen molar-refractivity contribution in [2.45, 2.75) is 37.0 Å². The van der Waals surface area contributed by atoms with Crippen molar-refractivity contribution >= 4 is 23.4 Å². The Bertz CT molecular complexity index is 465. The second-order valence-corrected chi connectivity index (χ2v) is 6.08. The smallest absolute Gasteiger partial charge is 0.255 e. The van der Waals surface area contributed by atoms with E-state index in [-0.39, 0.29) is 28.9 Å². The maximum atomic E-state index is 12.1. The minimum Gasteiger partial charge on any atom is -0.505 e. The van der Waals surface area contributed by atoms with Gasteiger partial charge in [0, 0.05) is 11.3 Å². The summed E-state index contributed by atoms with van der Waals surface area (Å²) in [6.45, 7) is 0. The van der Waals surface area contributed by atoms with Crippen LogP contribution in [0.25, 0.3) is 0 Å². The molecule has 1 saturated carbocycles. The van der Waals surface area contributed by atoms with Gasteiger partial charge in [-0.2, -0.15) is 11.8 Å². The van der Waals surface area contributed by atoms with Crippen LogP contribution in [0.1, 0.15) is 36.0 Å². The summed E-state index contributed by atoms with van der Waals surface area (Å²) < 4.78 is 0. The average molecular weight is 280 g/mol. The number of para-hydroxylation sites is 1. The maximum Gasteiger partial charge on any atom is 0.255 e. The third-order valence-electron chi connectivity index (χ3n) is 3.61. The molecule has 0 radical (unpaired) electrons. The molecule has 2 rings (SSSR count). The lowest BCUT2D eigenvalue weighted by atomic mass is 9.94. The first-order valence-corrected chi connectivity index (χ1v) is 7.81. The highest BCUT2D eigenvalue weighted by atomic mass is 32.2. The van der Waals surface area contributed by atoms with E-state index in [1.54, 1.807) is 18.2 Å². The largest absolute Gasteiger partial charge is 0.505 e. The second-order valence-electron chi connectivity index (χ2n) is 4.94. The third-order valence-corrected chi connectivity index (χ3v) is 4.70. The summed E-state index contributed by atoms with van der Waals surface area (Å²) in [6.07, 6.45) is 6.47. The molecule has 5 heteroatoms. The number of thioether (sulfide) groups is 1. The molecule has 4 N–H and O–H groups in total. The number of carbonyl (C=O) groups excluding carboxylic acids is 1. The molecule has 1 aliphatic carbocycles. The summed E-state index contributed by atoms with van der Waals surface area (Å²) in [5.74, 6) is -0.367. The van der Waals surface area contributed by atoms with Crippen molar-refractivity contribution in [1.29, 1.82) is 0 Å². The van der Waals surface area contributed by atoms with Crippen LogP contribution < -0.4 is 11.1 Å². The molecule has 0 heterocycles. The number of hydrogen-bond acceptors (Lipinski definition) is 4. The highest BCUT2D eigenvalue weighted by Crippen LogP contribution is 2.28. The molecule has 1 amide bonds. The molecule has 2 unspecified atom stereocenters. The molecule has 2 atom stereocenters. The number of aromatic hydroxyl groups is 1. The molecule has 4 nitrogen and oxygen atoms in total. The van der Waals surface area contributed by atoms with E-state index in [4.69, 9.17) is 5.73 Å². The number of anilines is 1. The predicted octanol–water partition coefficient (Wildman–Crippen LogP) is 2.38. The number of phenols is 1. The first-order chi connectivity index (χ1) is 9.11. The molecule has 19 heavy (non-hydrogen) atoms. The van der Waals surface area contributed by atoms with Crippen LogP contribution in [-0.4, -0.2) is 28.6 Å². The van der Waals surface area contributed by atoms with Gasteiger partial charge in [0.05, 0.1) is 11.3 Å². The van der Waals surface area contributed by atoms with Gasteiger partial charge in [0.15, 0.2) is 5.75 Å². The van der Waals surface area contributed by atoms with Crippen LogP contribution in [0.3, 0.4) is 0 Å². The fourth-order valence-corrected chi connectivity index (χ4v) is 3.33. The number of rotatable bonds is 3. The fourth-order valence-electron chi connectivity index (χ4n) is 2.50. The number of nitrogens with one attached hydrogen (secondary N) is 1. The molecule has 0 saturated heterocycles. The quantitative estimate of drug-likeness (QED) is 0.587. The van der Waals surface area contributed by atoms with Crippen molar-refractivity contribution in [3.63, 3.8) is 0 Å². The minimum atomic E-state index is -0.239. The summed E-state index contributed by atoms with van der Waals surface area (Å²) in [4.78, 5) is 12.1. The molecule has 0 bridgehead atoms. The topological polar surface area (TPSA) is 75.4 Å². The monoisotopic (exact) mass is 280 g/mol. The summed E-state index contributed by atoms with van der Waals surface area (Å²) in [7, 11) is 0. The molecular formula is C14H20N2O2S. The molecule has 104 valence electrons. The molecule has 0 spiro atoms. The Morgan fingerprint density at radius 1 is 1.47 bits per heavy atom. The molecule has 0 aromatic heterocycles. The summed E-state index contributed by atoms with van der Waals surface area (Å²) >= 11 is 1.86. The zero-order valence-corrected chi connectivity index (χ0v) is 11.9. The van der Waals surface area contributed by atoms with Crippen molar-refractivity contribution in [3.05, 3.63) is 23.8 Å². The van der Waals surface area contributed by atoms with Crippen LogP contribution in [0.4, 0.5) is 5.69 Å². The van der Waals surface area contributed by atoms with Gasteiger partial charge in [-0.25, -0.2) is 0 Å². The lowest BCUT2D eigenvalue weighted by Crippen LogP contribution is -2.39. The molecule has 1 aromatic carbocycles. The van der Waals surface area contributed by atoms with Crippen molar-refractivity contribution in [2.75, 3.05) is 12.0 Å². The summed E-state index contributed by atoms with van der Waals surface area (Å²) in [5.41, 5.74) is 6.09. The Balaban J connectivity index is 2.02. The van der Waals surface area contributed by atoms with Gasteiger partial charge < -0.3 is 16.2 Å². The number of benzene rings is 1. The van der Waals surface area contributed by atoms with Crippen molar-refractivity contribution < 1.29 is 9.90 Å². The van der Waals surface area contributed by atoms with E-state index in [0.717, 1.165) is 19.3 Å². The van der Waals surface area contributed by atoms with Crippen molar-refractivity contribution in [1.82, 2.24) is 5.32 Å². The highest BCUT2D eigenvalue weighted by molar-refractivity contribution is 7.99. The Labute approximate surface area is 117 Å². The van der Waals surface area contributed by atoms with Gasteiger partial charge in [-0.1, -0.05) is 12.5 Å². The van der Waals surface area contributed by atoms with E-state index in [9.17, 15) is 9.90 Å². The van der Waals surface area contributed by atoms with Crippen LogP contribution in [-0.2, 0) is 0 Å². The molecular weight excluding hydrogens is 260 g/mol. The van der Waals surface area contributed by atoms with Crippen LogP contribution >= 0.6 is 11.8 Å². The van der Waals surface area contributed by atoms with E-state index in [0.29, 0.717) is 5.25 Å². The van der Waals surface area contributed by atoms with Gasteiger partial charge in [-0.05, 0) is 37.7 Å². The standard InChI is InChI=1S/C14H20N2O2S/c1-19-10-5-2-4-9(8-10)16-14(18)11-6-3-7-12(15)13(11)17/h3,6-7,9-10,17H,2,4-5,8,15H2,1H3,(H,16,18). The van der Waals surface area contributed by atoms with Gasteiger partial charge >= 0.3 is 0 Å². The Kier molecular flexibility index (Phi) is 4.58. The zero-order valence-electron chi connectivity index (χ0n) is 11.1. The number of phenolic OH excluding ortho intramolecular Hbond substituents is 1. The first-order valence-electron chi connectivity index (χ1n) is 6.53. The normalized spacial score (nSPS) is 23.0. The summed E-state index contributed by atoms with van der Waals surface area (Å²) in [6, 6.07) is 5.04. The molecule has 1 fully saturated rings. The van der Waals surface area contributed by atoms with E-state index in [1.807, 2.05) is 11.8 Å². The van der Waals surface area contributed by atoms with Gasteiger partial charge in [-0.15, -0.1) is 0 Å². The predicted molar refractivity (Wildman–Crippen MR) is 79.5 cm³/mol. The fraction of sp³-hybridized carbons (Fsp3) is 0.500. The van der Waals surface area contributed by atoms with Gasteiger partial charge in [0.25, 0.3) is 5.91 Å². The number of nitrogen functional groups attached to an aromatic ring is 1. The molecule has 1 aromatic rings. The Hall–Kier alpha value is -1.36. The zero-order chi connectivity index (χ0) is 13.8. The highest BCUT2D eigenvalue weighted by Gasteiger charge is 2.24. The van der Waals surface area contributed by atoms with Gasteiger partial charge in [0.1, 0.15) is 0 Å². The van der Waals surface area contributed by atoms with Crippen LogP contribution in [0.15, 0.2) is 18.2 Å². The molecule has 0 aliphatic heterocycles. The number of hydrogen-bond donors (Lipinski definition) is 3. The van der Waals surface area contributed by atoms with Gasteiger partial charge in [0.2, 0.25) is 0 Å². The average Bonchev–Trinajstić information content (AvgIpc) is 2.42. The van der Waals surface area contributed by atoms with E-state index >= 15 is 0 Å². The van der Waals surface area contributed by atoms with E-state index in [1.165, 1.54) is 6.42 Å². The van der Waals surface area contributed by atoms with Crippen molar-refractivity contribution in [2.24, 2.45) is 0 Å². The van der Waals surface area contributed by atoms with Crippen molar-refractivity contribution in [3.8, 4) is 5.75 Å². The van der Waals surface area contributed by atoms with Gasteiger partial charge in [-0.3, -0.25) is 4.79 Å². The number of carbonyl (C=O) groups is 1.